The number of sulfone groups is 1. The molecule has 2 atom stereocenters. The van der Waals surface area contributed by atoms with Crippen molar-refractivity contribution >= 4 is 21.7 Å². The molecule has 1 aromatic heterocycles. The molecule has 0 radical (unpaired) electrons. The van der Waals surface area contributed by atoms with Gasteiger partial charge in [0, 0.05) is 25.9 Å². The Morgan fingerprint density at radius 2 is 1.92 bits per heavy atom. The molecular weight excluding hydrogens is 336 g/mol. The molecule has 2 aliphatic rings. The van der Waals surface area contributed by atoms with Crippen LogP contribution in [-0.2, 0) is 19.4 Å². The number of piperazine rings is 1. The maximum absolute atomic E-state index is 12.7. The topological polar surface area (TPSA) is 113 Å². The smallest absolute Gasteiger partial charge is 0.274 e. The van der Waals surface area contributed by atoms with E-state index >= 15 is 0 Å². The van der Waals surface area contributed by atoms with Crippen molar-refractivity contribution in [3.8, 4) is 0 Å². The molecule has 2 saturated heterocycles. The Labute approximate surface area is 139 Å². The summed E-state index contributed by atoms with van der Waals surface area (Å²) in [5.41, 5.74) is 1.01. The lowest BCUT2D eigenvalue weighted by Gasteiger charge is -2.43. The zero-order chi connectivity index (χ0) is 17.5. The third-order valence-corrected chi connectivity index (χ3v) is 6.15. The second-order valence-electron chi connectivity index (χ2n) is 6.17. The number of nitrogens with one attached hydrogen (secondary N) is 1. The number of H-pyrrole nitrogens is 1. The highest BCUT2D eigenvalue weighted by molar-refractivity contribution is 7.91. The molecule has 24 heavy (non-hydrogen) atoms. The van der Waals surface area contributed by atoms with E-state index in [-0.39, 0.29) is 48.7 Å². The summed E-state index contributed by atoms with van der Waals surface area (Å²) in [4.78, 5) is 27.9. The molecule has 132 valence electrons. The minimum atomic E-state index is -3.31. The number of hydrogen-bond acceptors (Lipinski definition) is 6. The molecule has 0 spiro atoms. The van der Waals surface area contributed by atoms with Crippen LogP contribution in [0.4, 0.5) is 0 Å². The normalized spacial score (nSPS) is 25.6. The first-order valence-corrected chi connectivity index (χ1v) is 9.46. The predicted octanol–water partition coefficient (Wildman–Crippen LogP) is -1.19. The van der Waals surface area contributed by atoms with E-state index in [1.54, 1.807) is 13.0 Å². The first-order valence-electron chi connectivity index (χ1n) is 7.64. The van der Waals surface area contributed by atoms with Crippen LogP contribution in [0.5, 0.6) is 0 Å². The van der Waals surface area contributed by atoms with Gasteiger partial charge in [0.1, 0.15) is 12.3 Å². The quantitative estimate of drug-likeness (QED) is 0.729. The van der Waals surface area contributed by atoms with Gasteiger partial charge < -0.3 is 14.5 Å². The maximum Gasteiger partial charge on any atom is 0.274 e. The Balaban J connectivity index is 1.87. The lowest BCUT2D eigenvalue weighted by Crippen LogP contribution is -2.62. The maximum atomic E-state index is 12.7. The second kappa shape index (κ2) is 6.17. The number of aromatic amines is 1. The number of amides is 2. The molecular formula is C14H20N4O5S. The van der Waals surface area contributed by atoms with E-state index in [0.717, 1.165) is 5.69 Å². The zero-order valence-corrected chi connectivity index (χ0v) is 14.4. The van der Waals surface area contributed by atoms with Crippen molar-refractivity contribution in [3.63, 3.8) is 0 Å². The Morgan fingerprint density at radius 1 is 1.29 bits per heavy atom. The molecule has 0 bridgehead atoms. The fraction of sp³-hybridized carbons (Fsp3) is 0.643. The van der Waals surface area contributed by atoms with E-state index in [4.69, 9.17) is 4.74 Å². The van der Waals surface area contributed by atoms with Crippen molar-refractivity contribution in [2.45, 2.75) is 19.0 Å². The summed E-state index contributed by atoms with van der Waals surface area (Å²) < 4.78 is 29.1. The summed E-state index contributed by atoms with van der Waals surface area (Å²) in [5.74, 6) is -0.835. The zero-order valence-electron chi connectivity index (χ0n) is 13.6. The number of ether oxygens (including phenoxy) is 1. The van der Waals surface area contributed by atoms with Gasteiger partial charge in [-0.05, 0) is 13.0 Å². The van der Waals surface area contributed by atoms with Crippen molar-refractivity contribution in [3.05, 3.63) is 17.5 Å². The summed E-state index contributed by atoms with van der Waals surface area (Å²) in [6.45, 7) is 2.24. The second-order valence-corrected chi connectivity index (χ2v) is 8.32. The standard InChI is InChI=1S/C14H20N4O5S/c1-9-5-10(16-15-9)14(20)18-4-3-17(13(19)6-23-2)11-7-24(21,22)8-12(11)18/h5,11-12H,3-4,6-8H2,1-2H3,(H,15,16)/t11-,12+/m1/s1. The van der Waals surface area contributed by atoms with E-state index in [0.29, 0.717) is 0 Å². The molecule has 2 amide bonds. The number of fused-ring (bicyclic) bond motifs is 1. The first-order chi connectivity index (χ1) is 11.3. The summed E-state index contributed by atoms with van der Waals surface area (Å²) >= 11 is 0. The molecule has 9 nitrogen and oxygen atoms in total. The molecule has 3 heterocycles. The number of aryl methyl sites for hydroxylation is 1. The van der Waals surface area contributed by atoms with Crippen LogP contribution >= 0.6 is 0 Å². The summed E-state index contributed by atoms with van der Waals surface area (Å²) in [7, 11) is -1.89. The van der Waals surface area contributed by atoms with E-state index in [2.05, 4.69) is 10.2 Å². The third-order valence-electron chi connectivity index (χ3n) is 4.45. The largest absolute Gasteiger partial charge is 0.375 e. The van der Waals surface area contributed by atoms with Crippen LogP contribution in [0.25, 0.3) is 0 Å². The van der Waals surface area contributed by atoms with Crippen LogP contribution in [0.3, 0.4) is 0 Å². The van der Waals surface area contributed by atoms with Crippen LogP contribution in [0.2, 0.25) is 0 Å². The summed E-state index contributed by atoms with van der Waals surface area (Å²) in [6, 6.07) is 0.549. The van der Waals surface area contributed by atoms with Crippen LogP contribution in [0.1, 0.15) is 16.2 Å². The SMILES string of the molecule is COCC(=O)N1CCN(C(=O)c2cc(C)[nH]n2)[C@H]2CS(=O)(=O)C[C@H]21. The molecule has 2 aliphatic heterocycles. The molecule has 1 N–H and O–H groups in total. The first kappa shape index (κ1) is 16.9. The monoisotopic (exact) mass is 356 g/mol. The highest BCUT2D eigenvalue weighted by Gasteiger charge is 2.49. The molecule has 2 fully saturated rings. The molecule has 0 saturated carbocycles. The molecule has 0 unspecified atom stereocenters. The summed E-state index contributed by atoms with van der Waals surface area (Å²) in [6.07, 6.45) is 0. The van der Waals surface area contributed by atoms with Crippen molar-refractivity contribution in [1.29, 1.82) is 0 Å². The summed E-state index contributed by atoms with van der Waals surface area (Å²) in [5, 5.41) is 6.67. The Morgan fingerprint density at radius 3 is 2.50 bits per heavy atom. The van der Waals surface area contributed by atoms with Gasteiger partial charge in [0.05, 0.1) is 23.6 Å². The van der Waals surface area contributed by atoms with Gasteiger partial charge in [0.2, 0.25) is 5.91 Å². The molecule has 0 aromatic carbocycles. The fourth-order valence-electron chi connectivity index (χ4n) is 3.40. The van der Waals surface area contributed by atoms with Gasteiger partial charge >= 0.3 is 0 Å². The van der Waals surface area contributed by atoms with Crippen LogP contribution in [0, 0.1) is 6.92 Å². The molecule has 10 heteroatoms. The van der Waals surface area contributed by atoms with E-state index in [1.165, 1.54) is 16.9 Å². The molecule has 1 aromatic rings. The average molecular weight is 356 g/mol. The van der Waals surface area contributed by atoms with Crippen molar-refractivity contribution in [2.24, 2.45) is 0 Å². The highest BCUT2D eigenvalue weighted by Crippen LogP contribution is 2.28. The van der Waals surface area contributed by atoms with Gasteiger partial charge in [-0.2, -0.15) is 5.10 Å². The van der Waals surface area contributed by atoms with Crippen molar-refractivity contribution < 1.29 is 22.7 Å². The van der Waals surface area contributed by atoms with Crippen LogP contribution < -0.4 is 0 Å². The van der Waals surface area contributed by atoms with Crippen LogP contribution in [0.15, 0.2) is 6.07 Å². The minimum Gasteiger partial charge on any atom is -0.375 e. The Kier molecular flexibility index (Phi) is 4.35. The van der Waals surface area contributed by atoms with Gasteiger partial charge in [-0.1, -0.05) is 0 Å². The number of rotatable bonds is 3. The van der Waals surface area contributed by atoms with Gasteiger partial charge in [0.25, 0.3) is 5.91 Å². The predicted molar refractivity (Wildman–Crippen MR) is 84.2 cm³/mol. The van der Waals surface area contributed by atoms with Gasteiger partial charge in [-0.3, -0.25) is 14.7 Å². The number of carbonyl (C=O) groups is 2. The number of carbonyl (C=O) groups excluding carboxylic acids is 2. The van der Waals surface area contributed by atoms with E-state index in [1.807, 2.05) is 0 Å². The van der Waals surface area contributed by atoms with Crippen LogP contribution in [-0.4, -0.2) is 90.6 Å². The Bertz CT molecular complexity index is 759. The van der Waals surface area contributed by atoms with Gasteiger partial charge in [-0.15, -0.1) is 0 Å². The third kappa shape index (κ3) is 3.03. The van der Waals surface area contributed by atoms with Gasteiger partial charge in [0.15, 0.2) is 9.84 Å². The number of nitrogens with zero attached hydrogens (tertiary/aromatic N) is 3. The lowest BCUT2D eigenvalue weighted by molar-refractivity contribution is -0.140. The average Bonchev–Trinajstić information content (AvgIpc) is 3.07. The van der Waals surface area contributed by atoms with Gasteiger partial charge in [-0.25, -0.2) is 8.42 Å². The van der Waals surface area contributed by atoms with E-state index < -0.39 is 21.9 Å². The van der Waals surface area contributed by atoms with E-state index in [9.17, 15) is 18.0 Å². The number of methoxy groups -OCH3 is 1. The Hall–Kier alpha value is -1.94. The molecule has 3 rings (SSSR count). The lowest BCUT2D eigenvalue weighted by atomic mass is 10.0. The molecule has 0 aliphatic carbocycles. The minimum absolute atomic E-state index is 0.101. The van der Waals surface area contributed by atoms with Crippen molar-refractivity contribution in [1.82, 2.24) is 20.0 Å². The fourth-order valence-corrected chi connectivity index (χ4v) is 5.38. The number of aromatic nitrogens is 2. The number of hydrogen-bond donors (Lipinski definition) is 1. The highest BCUT2D eigenvalue weighted by atomic mass is 32.2. The van der Waals surface area contributed by atoms with Crippen molar-refractivity contribution in [2.75, 3.05) is 38.3 Å².